The number of hydrogen-bond donors (Lipinski definition) is 3. The summed E-state index contributed by atoms with van der Waals surface area (Å²) in [5, 5.41) is 10.1. The zero-order chi connectivity index (χ0) is 19.8. The molecule has 3 rings (SSSR count). The molecule has 0 aromatic heterocycles. The van der Waals surface area contributed by atoms with Gasteiger partial charge in [0.15, 0.2) is 0 Å². The molecule has 1 aliphatic carbocycles. The summed E-state index contributed by atoms with van der Waals surface area (Å²) in [6, 6.07) is 5.62. The van der Waals surface area contributed by atoms with Crippen LogP contribution >= 0.6 is 0 Å². The first-order valence-electron chi connectivity index (χ1n) is 8.29. The fourth-order valence-electron chi connectivity index (χ4n) is 3.00. The fraction of sp³-hybridized carbons (Fsp3) is 0.263. The summed E-state index contributed by atoms with van der Waals surface area (Å²) in [7, 11) is 0. The van der Waals surface area contributed by atoms with Gasteiger partial charge in [-0.3, -0.25) is 4.79 Å². The van der Waals surface area contributed by atoms with E-state index in [4.69, 9.17) is 11.1 Å². The molecule has 8 heteroatoms. The smallest absolute Gasteiger partial charge is 0.398 e. The molecule has 0 saturated heterocycles. The van der Waals surface area contributed by atoms with E-state index < -0.39 is 23.5 Å². The van der Waals surface area contributed by atoms with Gasteiger partial charge in [-0.15, -0.1) is 0 Å². The number of carbonyl (C=O) groups excluding carboxylic acids is 1. The van der Waals surface area contributed by atoms with E-state index in [-0.39, 0.29) is 12.1 Å². The van der Waals surface area contributed by atoms with Crippen molar-refractivity contribution in [2.75, 3.05) is 5.73 Å². The predicted molar refractivity (Wildman–Crippen MR) is 93.3 cm³/mol. The summed E-state index contributed by atoms with van der Waals surface area (Å²) in [5.41, 5.74) is 6.85. The topological polar surface area (TPSA) is 79.0 Å². The second-order valence-corrected chi connectivity index (χ2v) is 6.43. The third-order valence-corrected chi connectivity index (χ3v) is 4.55. The van der Waals surface area contributed by atoms with Crippen LogP contribution in [0.5, 0.6) is 0 Å². The Hall–Kier alpha value is -2.90. The summed E-state index contributed by atoms with van der Waals surface area (Å²) in [6.45, 7) is 0.0447. The number of hydrogen-bond acceptors (Lipinski definition) is 3. The molecule has 2 aromatic rings. The second-order valence-electron chi connectivity index (χ2n) is 6.43. The summed E-state index contributed by atoms with van der Waals surface area (Å²) < 4.78 is 51.5. The van der Waals surface area contributed by atoms with Gasteiger partial charge in [0.1, 0.15) is 5.82 Å². The monoisotopic (exact) mass is 379 g/mol. The maximum atomic E-state index is 13.7. The molecular formula is C19H17F4N3O. The Morgan fingerprint density at radius 1 is 1.26 bits per heavy atom. The molecule has 1 fully saturated rings. The van der Waals surface area contributed by atoms with Crippen LogP contribution in [0, 0.1) is 11.2 Å². The quantitative estimate of drug-likeness (QED) is 0.413. The molecule has 4 nitrogen and oxygen atoms in total. The highest BCUT2D eigenvalue weighted by atomic mass is 19.4. The van der Waals surface area contributed by atoms with Crippen LogP contribution in [-0.2, 0) is 12.7 Å². The van der Waals surface area contributed by atoms with Crippen molar-refractivity contribution in [2.45, 2.75) is 31.5 Å². The first-order chi connectivity index (χ1) is 12.7. The van der Waals surface area contributed by atoms with Crippen molar-refractivity contribution < 1.29 is 22.4 Å². The standard InChI is InChI=1S/C19H17F4N3O/c20-16-7-11(3-5-15(16)19(21,22)23)18(27)26-9-14-12(10-1-2-10)4-6-17(25)13(14)8-24/h3-8,10,24H,1-2,9,25H2,(H,26,27). The maximum Gasteiger partial charge on any atom is 0.419 e. The van der Waals surface area contributed by atoms with Crippen LogP contribution in [-0.4, -0.2) is 12.1 Å². The highest BCUT2D eigenvalue weighted by Crippen LogP contribution is 2.43. The predicted octanol–water partition coefficient (Wildman–Crippen LogP) is 4.23. The minimum Gasteiger partial charge on any atom is -0.398 e. The number of nitrogens with two attached hydrogens (primary N) is 1. The van der Waals surface area contributed by atoms with Gasteiger partial charge < -0.3 is 16.5 Å². The lowest BCUT2D eigenvalue weighted by molar-refractivity contribution is -0.140. The van der Waals surface area contributed by atoms with E-state index in [1.165, 1.54) is 0 Å². The lowest BCUT2D eigenvalue weighted by Crippen LogP contribution is -2.25. The zero-order valence-electron chi connectivity index (χ0n) is 14.2. The van der Waals surface area contributed by atoms with Crippen LogP contribution in [0.2, 0.25) is 0 Å². The van der Waals surface area contributed by atoms with Crippen molar-refractivity contribution in [1.29, 1.82) is 5.41 Å². The van der Waals surface area contributed by atoms with Crippen LogP contribution in [0.25, 0.3) is 0 Å². The molecule has 1 saturated carbocycles. The normalized spacial score (nSPS) is 14.1. The van der Waals surface area contributed by atoms with Gasteiger partial charge >= 0.3 is 6.18 Å². The Morgan fingerprint density at radius 3 is 2.52 bits per heavy atom. The lowest BCUT2D eigenvalue weighted by atomic mass is 9.96. The number of nitrogen functional groups attached to an aromatic ring is 1. The van der Waals surface area contributed by atoms with E-state index in [0.717, 1.165) is 30.7 Å². The Labute approximate surface area is 152 Å². The van der Waals surface area contributed by atoms with E-state index in [2.05, 4.69) is 5.32 Å². The van der Waals surface area contributed by atoms with Gasteiger partial charge in [-0.1, -0.05) is 6.07 Å². The van der Waals surface area contributed by atoms with Crippen LogP contribution in [0.4, 0.5) is 23.2 Å². The van der Waals surface area contributed by atoms with Crippen molar-refractivity contribution in [1.82, 2.24) is 5.32 Å². The number of halogens is 4. The molecular weight excluding hydrogens is 362 g/mol. The van der Waals surface area contributed by atoms with Crippen molar-refractivity contribution in [3.8, 4) is 0 Å². The number of benzene rings is 2. The van der Waals surface area contributed by atoms with Gasteiger partial charge in [-0.05, 0) is 54.2 Å². The number of alkyl halides is 3. The highest BCUT2D eigenvalue weighted by Gasteiger charge is 2.34. The number of amides is 1. The van der Waals surface area contributed by atoms with E-state index in [9.17, 15) is 22.4 Å². The minimum atomic E-state index is -4.82. The molecule has 4 N–H and O–H groups in total. The Bertz CT molecular complexity index is 905. The van der Waals surface area contributed by atoms with Crippen LogP contribution in [0.15, 0.2) is 30.3 Å². The number of nitrogens with one attached hydrogen (secondary N) is 2. The SMILES string of the molecule is N=Cc1c(N)ccc(C2CC2)c1CNC(=O)c1ccc(C(F)(F)F)c(F)c1. The van der Waals surface area contributed by atoms with E-state index in [1.807, 2.05) is 6.07 Å². The molecule has 27 heavy (non-hydrogen) atoms. The number of anilines is 1. The molecule has 1 aliphatic rings. The first-order valence-corrected chi connectivity index (χ1v) is 8.29. The summed E-state index contributed by atoms with van der Waals surface area (Å²) in [4.78, 5) is 12.3. The van der Waals surface area contributed by atoms with Crippen LogP contribution in [0.1, 0.15) is 51.4 Å². The van der Waals surface area contributed by atoms with Gasteiger partial charge in [0.05, 0.1) is 5.56 Å². The molecule has 0 unspecified atom stereocenters. The summed E-state index contributed by atoms with van der Waals surface area (Å²) >= 11 is 0. The van der Waals surface area contributed by atoms with Gasteiger partial charge in [0, 0.05) is 29.6 Å². The van der Waals surface area contributed by atoms with Gasteiger partial charge in [0.2, 0.25) is 0 Å². The molecule has 0 spiro atoms. The minimum absolute atomic E-state index is 0.0447. The second kappa shape index (κ2) is 7.02. The average molecular weight is 379 g/mol. The first kappa shape index (κ1) is 18.9. The Kier molecular flexibility index (Phi) is 4.91. The third-order valence-electron chi connectivity index (χ3n) is 4.55. The molecule has 0 bridgehead atoms. The molecule has 0 atom stereocenters. The van der Waals surface area contributed by atoms with Crippen molar-refractivity contribution in [3.05, 3.63) is 64.0 Å². The van der Waals surface area contributed by atoms with E-state index in [1.54, 1.807) is 6.07 Å². The number of carbonyl (C=O) groups is 1. The summed E-state index contributed by atoms with van der Waals surface area (Å²) in [5.74, 6) is -1.86. The molecule has 1 amide bonds. The molecule has 2 aromatic carbocycles. The fourth-order valence-corrected chi connectivity index (χ4v) is 3.00. The largest absolute Gasteiger partial charge is 0.419 e. The molecule has 0 radical (unpaired) electrons. The van der Waals surface area contributed by atoms with Gasteiger partial charge in [-0.25, -0.2) is 4.39 Å². The zero-order valence-corrected chi connectivity index (χ0v) is 14.2. The number of rotatable bonds is 5. The summed E-state index contributed by atoms with van der Waals surface area (Å²) in [6.07, 6.45) is -1.70. The molecule has 142 valence electrons. The Balaban J connectivity index is 1.81. The maximum absolute atomic E-state index is 13.7. The van der Waals surface area contributed by atoms with E-state index in [0.29, 0.717) is 34.9 Å². The van der Waals surface area contributed by atoms with Crippen molar-refractivity contribution in [3.63, 3.8) is 0 Å². The molecule has 0 aliphatic heterocycles. The average Bonchev–Trinajstić information content (AvgIpc) is 3.43. The van der Waals surface area contributed by atoms with Crippen molar-refractivity contribution in [2.24, 2.45) is 0 Å². The third kappa shape index (κ3) is 3.94. The van der Waals surface area contributed by atoms with Crippen molar-refractivity contribution >= 4 is 17.8 Å². The van der Waals surface area contributed by atoms with Crippen LogP contribution < -0.4 is 11.1 Å². The van der Waals surface area contributed by atoms with Crippen LogP contribution in [0.3, 0.4) is 0 Å². The molecule has 0 heterocycles. The highest BCUT2D eigenvalue weighted by molar-refractivity contribution is 5.94. The van der Waals surface area contributed by atoms with E-state index >= 15 is 0 Å². The van der Waals surface area contributed by atoms with Gasteiger partial charge in [0.25, 0.3) is 5.91 Å². The lowest BCUT2D eigenvalue weighted by Gasteiger charge is -2.15. The van der Waals surface area contributed by atoms with Gasteiger partial charge in [-0.2, -0.15) is 13.2 Å². The Morgan fingerprint density at radius 2 is 1.96 bits per heavy atom.